The molecule has 86 valence electrons. The molecule has 0 saturated heterocycles. The second kappa shape index (κ2) is 4.95. The summed E-state index contributed by atoms with van der Waals surface area (Å²) in [7, 11) is 6.25. The molecule has 16 heavy (non-hydrogen) atoms. The van der Waals surface area contributed by atoms with Crippen LogP contribution in [0, 0.1) is 0 Å². The van der Waals surface area contributed by atoms with Gasteiger partial charge in [0.15, 0.2) is 0 Å². The molecule has 0 bridgehead atoms. The third-order valence-electron chi connectivity index (χ3n) is 2.78. The van der Waals surface area contributed by atoms with Gasteiger partial charge in [-0.15, -0.1) is 11.3 Å². The zero-order valence-corrected chi connectivity index (χ0v) is 10.8. The molecular weight excluding hydrogens is 216 g/mol. The van der Waals surface area contributed by atoms with Crippen molar-refractivity contribution in [3.63, 3.8) is 0 Å². The highest BCUT2D eigenvalue weighted by Gasteiger charge is 2.13. The van der Waals surface area contributed by atoms with E-state index in [-0.39, 0.29) is 0 Å². The molecule has 1 aromatic carbocycles. The molecule has 2 nitrogen and oxygen atoms in total. The van der Waals surface area contributed by atoms with Gasteiger partial charge in [-0.3, -0.25) is 0 Å². The Bertz CT molecular complexity index is 462. The van der Waals surface area contributed by atoms with Crippen molar-refractivity contribution in [2.75, 3.05) is 27.7 Å². The fraction of sp³-hybridized carbons (Fsp3) is 0.385. The van der Waals surface area contributed by atoms with Crippen LogP contribution in [0.1, 0.15) is 11.6 Å². The zero-order valence-electron chi connectivity index (χ0n) is 10.0. The number of rotatable bonds is 4. The summed E-state index contributed by atoms with van der Waals surface area (Å²) in [4.78, 5) is 2.22. The van der Waals surface area contributed by atoms with E-state index in [1.807, 2.05) is 18.4 Å². The molecule has 0 amide bonds. The monoisotopic (exact) mass is 234 g/mol. The van der Waals surface area contributed by atoms with E-state index in [1.54, 1.807) is 0 Å². The van der Waals surface area contributed by atoms with E-state index >= 15 is 0 Å². The quantitative estimate of drug-likeness (QED) is 0.875. The molecular formula is C13H18N2S. The van der Waals surface area contributed by atoms with Gasteiger partial charge in [-0.2, -0.15) is 0 Å². The maximum Gasteiger partial charge on any atom is 0.0460 e. The van der Waals surface area contributed by atoms with Crippen molar-refractivity contribution in [3.8, 4) is 0 Å². The van der Waals surface area contributed by atoms with Crippen molar-refractivity contribution in [1.29, 1.82) is 0 Å². The standard InChI is InChI=1S/C13H18N2S/c1-14-12(9-15(2)3)11-6-4-5-10-7-8-16-13(10)11/h4-8,12,14H,9H2,1-3H3. The number of nitrogens with zero attached hydrogens (tertiary/aromatic N) is 1. The Morgan fingerprint density at radius 3 is 2.81 bits per heavy atom. The molecule has 1 heterocycles. The fourth-order valence-electron chi connectivity index (χ4n) is 2.00. The number of nitrogens with one attached hydrogen (secondary N) is 1. The van der Waals surface area contributed by atoms with Crippen LogP contribution in [-0.4, -0.2) is 32.6 Å². The summed E-state index contributed by atoms with van der Waals surface area (Å²) >= 11 is 1.83. The van der Waals surface area contributed by atoms with Gasteiger partial charge in [-0.25, -0.2) is 0 Å². The minimum absolute atomic E-state index is 0.400. The van der Waals surface area contributed by atoms with E-state index in [2.05, 4.69) is 54.0 Å². The molecule has 1 N–H and O–H groups in total. The summed E-state index contributed by atoms with van der Waals surface area (Å²) in [5, 5.41) is 6.91. The Labute approximate surface area is 101 Å². The van der Waals surface area contributed by atoms with Crippen LogP contribution < -0.4 is 5.32 Å². The van der Waals surface area contributed by atoms with Crippen LogP contribution in [0.4, 0.5) is 0 Å². The highest BCUT2D eigenvalue weighted by molar-refractivity contribution is 7.17. The first-order valence-electron chi connectivity index (χ1n) is 5.50. The van der Waals surface area contributed by atoms with Gasteiger partial charge in [-0.1, -0.05) is 18.2 Å². The number of likely N-dealkylation sites (N-methyl/N-ethyl adjacent to an activating group) is 2. The lowest BCUT2D eigenvalue weighted by molar-refractivity contribution is 0.354. The van der Waals surface area contributed by atoms with Gasteiger partial charge in [0.05, 0.1) is 0 Å². The van der Waals surface area contributed by atoms with Crippen molar-refractivity contribution in [2.24, 2.45) is 0 Å². The van der Waals surface area contributed by atoms with Crippen molar-refractivity contribution in [3.05, 3.63) is 35.2 Å². The molecule has 0 radical (unpaired) electrons. The summed E-state index contributed by atoms with van der Waals surface area (Å²) < 4.78 is 1.41. The maximum atomic E-state index is 3.40. The fourth-order valence-corrected chi connectivity index (χ4v) is 2.97. The van der Waals surface area contributed by atoms with Gasteiger partial charge in [0.25, 0.3) is 0 Å². The molecule has 0 aliphatic carbocycles. The highest BCUT2D eigenvalue weighted by atomic mass is 32.1. The number of fused-ring (bicyclic) bond motifs is 1. The van der Waals surface area contributed by atoms with E-state index in [4.69, 9.17) is 0 Å². The van der Waals surface area contributed by atoms with Gasteiger partial charge in [-0.05, 0) is 43.5 Å². The van der Waals surface area contributed by atoms with Crippen molar-refractivity contribution >= 4 is 21.4 Å². The van der Waals surface area contributed by atoms with E-state index < -0.39 is 0 Å². The second-order valence-corrected chi connectivity index (χ2v) is 5.21. The van der Waals surface area contributed by atoms with Gasteiger partial charge >= 0.3 is 0 Å². The van der Waals surface area contributed by atoms with E-state index in [9.17, 15) is 0 Å². The molecule has 0 fully saturated rings. The molecule has 2 rings (SSSR count). The summed E-state index contributed by atoms with van der Waals surface area (Å²) in [5.41, 5.74) is 1.41. The Hall–Kier alpha value is -0.900. The molecule has 0 aliphatic heterocycles. The predicted octanol–water partition coefficient (Wildman–Crippen LogP) is 2.72. The summed E-state index contributed by atoms with van der Waals surface area (Å²) in [6, 6.07) is 9.13. The van der Waals surface area contributed by atoms with Crippen molar-refractivity contribution < 1.29 is 0 Å². The van der Waals surface area contributed by atoms with Crippen LogP contribution in [0.25, 0.3) is 10.1 Å². The molecule has 1 unspecified atom stereocenters. The summed E-state index contributed by atoms with van der Waals surface area (Å²) in [6.45, 7) is 1.02. The Kier molecular flexibility index (Phi) is 3.59. The summed E-state index contributed by atoms with van der Waals surface area (Å²) in [5.74, 6) is 0. The average Bonchev–Trinajstić information content (AvgIpc) is 2.73. The van der Waals surface area contributed by atoms with E-state index in [0.29, 0.717) is 6.04 Å². The van der Waals surface area contributed by atoms with Crippen LogP contribution >= 0.6 is 11.3 Å². The molecule has 1 atom stereocenters. The van der Waals surface area contributed by atoms with Gasteiger partial charge in [0, 0.05) is 17.3 Å². The van der Waals surface area contributed by atoms with E-state index in [1.165, 1.54) is 15.6 Å². The molecule has 0 saturated carbocycles. The molecule has 0 spiro atoms. The number of hydrogen-bond acceptors (Lipinski definition) is 3. The number of thiophene rings is 1. The lowest BCUT2D eigenvalue weighted by Gasteiger charge is -2.21. The Balaban J connectivity index is 2.40. The lowest BCUT2D eigenvalue weighted by Crippen LogP contribution is -2.28. The molecule has 1 aromatic heterocycles. The molecule has 3 heteroatoms. The predicted molar refractivity (Wildman–Crippen MR) is 72.2 cm³/mol. The van der Waals surface area contributed by atoms with Gasteiger partial charge in [0.1, 0.15) is 0 Å². The molecule has 0 aliphatic rings. The van der Waals surface area contributed by atoms with Crippen LogP contribution in [0.5, 0.6) is 0 Å². The minimum atomic E-state index is 0.400. The van der Waals surface area contributed by atoms with Gasteiger partial charge < -0.3 is 10.2 Å². The van der Waals surface area contributed by atoms with Gasteiger partial charge in [0.2, 0.25) is 0 Å². The van der Waals surface area contributed by atoms with Crippen LogP contribution in [0.2, 0.25) is 0 Å². The lowest BCUT2D eigenvalue weighted by atomic mass is 10.1. The minimum Gasteiger partial charge on any atom is -0.312 e. The largest absolute Gasteiger partial charge is 0.312 e. The summed E-state index contributed by atoms with van der Waals surface area (Å²) in [6.07, 6.45) is 0. The van der Waals surface area contributed by atoms with Crippen LogP contribution in [0.3, 0.4) is 0 Å². The SMILES string of the molecule is CNC(CN(C)C)c1cccc2ccsc12. The first-order chi connectivity index (χ1) is 7.72. The number of benzene rings is 1. The van der Waals surface area contributed by atoms with Crippen molar-refractivity contribution in [2.45, 2.75) is 6.04 Å². The third kappa shape index (κ3) is 2.26. The average molecular weight is 234 g/mol. The third-order valence-corrected chi connectivity index (χ3v) is 3.76. The zero-order chi connectivity index (χ0) is 11.5. The first kappa shape index (κ1) is 11.6. The Morgan fingerprint density at radius 2 is 2.12 bits per heavy atom. The topological polar surface area (TPSA) is 15.3 Å². The maximum absolute atomic E-state index is 3.40. The second-order valence-electron chi connectivity index (χ2n) is 4.29. The van der Waals surface area contributed by atoms with Crippen molar-refractivity contribution in [1.82, 2.24) is 10.2 Å². The normalized spacial score (nSPS) is 13.5. The van der Waals surface area contributed by atoms with Crippen LogP contribution in [0.15, 0.2) is 29.6 Å². The first-order valence-corrected chi connectivity index (χ1v) is 6.38. The Morgan fingerprint density at radius 1 is 1.31 bits per heavy atom. The number of hydrogen-bond donors (Lipinski definition) is 1. The van der Waals surface area contributed by atoms with E-state index in [0.717, 1.165) is 6.54 Å². The smallest absolute Gasteiger partial charge is 0.0460 e. The molecule has 2 aromatic rings. The highest BCUT2D eigenvalue weighted by Crippen LogP contribution is 2.29. The van der Waals surface area contributed by atoms with Crippen LogP contribution in [-0.2, 0) is 0 Å².